The van der Waals surface area contributed by atoms with Gasteiger partial charge in [0.2, 0.25) is 0 Å². The van der Waals surface area contributed by atoms with Crippen molar-refractivity contribution in [3.8, 4) is 5.69 Å². The molecule has 0 aliphatic carbocycles. The van der Waals surface area contributed by atoms with Crippen LogP contribution in [0.4, 0.5) is 14.6 Å². The van der Waals surface area contributed by atoms with E-state index in [1.54, 1.807) is 6.07 Å². The van der Waals surface area contributed by atoms with Crippen LogP contribution in [0.3, 0.4) is 0 Å². The van der Waals surface area contributed by atoms with E-state index in [-0.39, 0.29) is 5.69 Å². The van der Waals surface area contributed by atoms with Crippen molar-refractivity contribution in [1.82, 2.24) is 9.78 Å². The minimum atomic E-state index is -0.655. The quantitative estimate of drug-likeness (QED) is 0.848. The van der Waals surface area contributed by atoms with Crippen LogP contribution in [0.15, 0.2) is 24.3 Å². The van der Waals surface area contributed by atoms with E-state index in [0.717, 1.165) is 11.8 Å². The number of hydrogen-bond acceptors (Lipinski definition) is 2. The highest BCUT2D eigenvalue weighted by molar-refractivity contribution is 5.40. The highest BCUT2D eigenvalue weighted by Gasteiger charge is 2.11. The Hall–Kier alpha value is -1.91. The number of aryl methyl sites for hydroxylation is 1. The first-order valence-corrected chi connectivity index (χ1v) is 4.91. The zero-order valence-corrected chi connectivity index (χ0v) is 8.74. The van der Waals surface area contributed by atoms with Crippen LogP contribution in [0.25, 0.3) is 5.69 Å². The first-order chi connectivity index (χ1) is 7.61. The van der Waals surface area contributed by atoms with Gasteiger partial charge in [-0.3, -0.25) is 0 Å². The van der Waals surface area contributed by atoms with E-state index in [9.17, 15) is 8.78 Å². The fourth-order valence-electron chi connectivity index (χ4n) is 1.55. The van der Waals surface area contributed by atoms with Crippen LogP contribution in [0.1, 0.15) is 12.6 Å². The minimum absolute atomic E-state index is 0.204. The molecular weight excluding hydrogens is 212 g/mol. The van der Waals surface area contributed by atoms with Crippen LogP contribution in [-0.2, 0) is 6.42 Å². The number of benzene rings is 1. The van der Waals surface area contributed by atoms with Crippen molar-refractivity contribution in [3.05, 3.63) is 41.6 Å². The van der Waals surface area contributed by atoms with Crippen molar-refractivity contribution in [3.63, 3.8) is 0 Å². The molecule has 2 aromatic rings. The van der Waals surface area contributed by atoms with E-state index in [1.165, 1.54) is 16.8 Å². The Morgan fingerprint density at radius 2 is 2.06 bits per heavy atom. The number of nitrogen functional groups attached to an aromatic ring is 1. The Kier molecular flexibility index (Phi) is 2.60. The van der Waals surface area contributed by atoms with Gasteiger partial charge in [0.15, 0.2) is 5.82 Å². The lowest BCUT2D eigenvalue weighted by Gasteiger charge is -2.06. The number of nitrogens with zero attached hydrogens (tertiary/aromatic N) is 2. The van der Waals surface area contributed by atoms with Crippen LogP contribution in [-0.4, -0.2) is 9.78 Å². The summed E-state index contributed by atoms with van der Waals surface area (Å²) in [5.74, 6) is -0.946. The van der Waals surface area contributed by atoms with Gasteiger partial charge in [0.1, 0.15) is 17.3 Å². The first kappa shape index (κ1) is 10.6. The Balaban J connectivity index is 2.57. The Labute approximate surface area is 91.5 Å². The summed E-state index contributed by atoms with van der Waals surface area (Å²) in [5.41, 5.74) is 6.53. The molecule has 0 atom stereocenters. The molecule has 0 saturated carbocycles. The number of hydrogen-bond donors (Lipinski definition) is 1. The molecule has 5 heteroatoms. The van der Waals surface area contributed by atoms with E-state index < -0.39 is 11.6 Å². The molecule has 1 heterocycles. The summed E-state index contributed by atoms with van der Waals surface area (Å²) in [6.45, 7) is 1.91. The van der Waals surface area contributed by atoms with Gasteiger partial charge in [0.25, 0.3) is 0 Å². The summed E-state index contributed by atoms with van der Waals surface area (Å²) in [5, 5.41) is 3.97. The molecular formula is C11H11F2N3. The maximum atomic E-state index is 13.5. The highest BCUT2D eigenvalue weighted by atomic mass is 19.1. The molecule has 16 heavy (non-hydrogen) atoms. The van der Waals surface area contributed by atoms with Gasteiger partial charge in [0, 0.05) is 17.8 Å². The summed E-state index contributed by atoms with van der Waals surface area (Å²) in [6, 6.07) is 5.03. The normalized spacial score (nSPS) is 10.7. The Morgan fingerprint density at radius 3 is 2.69 bits per heavy atom. The van der Waals surface area contributed by atoms with E-state index >= 15 is 0 Å². The fraction of sp³-hybridized carbons (Fsp3) is 0.182. The van der Waals surface area contributed by atoms with E-state index in [4.69, 9.17) is 5.73 Å². The summed E-state index contributed by atoms with van der Waals surface area (Å²) >= 11 is 0. The second kappa shape index (κ2) is 3.92. The van der Waals surface area contributed by atoms with Crippen LogP contribution in [0.5, 0.6) is 0 Å². The Bertz CT molecular complexity index is 520. The number of anilines is 1. The van der Waals surface area contributed by atoms with E-state index in [1.807, 2.05) is 6.92 Å². The smallest absolute Gasteiger partial charge is 0.151 e. The molecule has 0 aliphatic rings. The van der Waals surface area contributed by atoms with Crippen LogP contribution in [0, 0.1) is 11.6 Å². The van der Waals surface area contributed by atoms with Gasteiger partial charge in [-0.05, 0) is 18.6 Å². The van der Waals surface area contributed by atoms with Crippen molar-refractivity contribution >= 4 is 5.82 Å². The molecule has 2 rings (SSSR count). The molecule has 0 spiro atoms. The van der Waals surface area contributed by atoms with Crippen LogP contribution >= 0.6 is 0 Å². The van der Waals surface area contributed by atoms with Gasteiger partial charge in [-0.1, -0.05) is 6.92 Å². The largest absolute Gasteiger partial charge is 0.382 e. The Morgan fingerprint density at radius 1 is 1.31 bits per heavy atom. The zero-order chi connectivity index (χ0) is 11.7. The summed E-state index contributed by atoms with van der Waals surface area (Å²) < 4.78 is 27.7. The van der Waals surface area contributed by atoms with Gasteiger partial charge in [-0.15, -0.1) is 0 Å². The van der Waals surface area contributed by atoms with Crippen molar-refractivity contribution in [1.29, 1.82) is 0 Å². The van der Waals surface area contributed by atoms with Gasteiger partial charge >= 0.3 is 0 Å². The standard InChI is InChI=1S/C11H11F2N3/c1-2-8-6-11(14)15-16(8)10-4-3-7(12)5-9(10)13/h3-6H,2H2,1H3,(H2,14,15). The SMILES string of the molecule is CCc1cc(N)nn1-c1ccc(F)cc1F. The molecule has 0 amide bonds. The second-order valence-corrected chi connectivity index (χ2v) is 3.42. The van der Waals surface area contributed by atoms with Gasteiger partial charge in [-0.25, -0.2) is 13.5 Å². The lowest BCUT2D eigenvalue weighted by molar-refractivity contribution is 0.572. The maximum absolute atomic E-state index is 13.5. The number of nitrogens with two attached hydrogens (primary N) is 1. The molecule has 0 aliphatic heterocycles. The summed E-state index contributed by atoms with van der Waals surface area (Å²) in [7, 11) is 0. The lowest BCUT2D eigenvalue weighted by Crippen LogP contribution is -2.04. The predicted octanol–water partition coefficient (Wildman–Crippen LogP) is 2.30. The van der Waals surface area contributed by atoms with Gasteiger partial charge in [0.05, 0.1) is 0 Å². The fourth-order valence-corrected chi connectivity index (χ4v) is 1.55. The zero-order valence-electron chi connectivity index (χ0n) is 8.74. The van der Waals surface area contributed by atoms with E-state index in [0.29, 0.717) is 12.2 Å². The third-order valence-corrected chi connectivity index (χ3v) is 2.30. The molecule has 2 N–H and O–H groups in total. The number of rotatable bonds is 2. The van der Waals surface area contributed by atoms with Crippen molar-refractivity contribution in [2.24, 2.45) is 0 Å². The first-order valence-electron chi connectivity index (χ1n) is 4.91. The third kappa shape index (κ3) is 1.76. The second-order valence-electron chi connectivity index (χ2n) is 3.42. The molecule has 0 unspecified atom stereocenters. The molecule has 3 nitrogen and oxygen atoms in total. The van der Waals surface area contributed by atoms with Crippen LogP contribution in [0.2, 0.25) is 0 Å². The molecule has 0 bridgehead atoms. The highest BCUT2D eigenvalue weighted by Crippen LogP contribution is 2.18. The third-order valence-electron chi connectivity index (χ3n) is 2.30. The number of halogens is 2. The summed E-state index contributed by atoms with van der Waals surface area (Å²) in [4.78, 5) is 0. The van der Waals surface area contributed by atoms with Gasteiger partial charge < -0.3 is 5.73 Å². The predicted molar refractivity (Wildman–Crippen MR) is 57.3 cm³/mol. The lowest BCUT2D eigenvalue weighted by atomic mass is 10.2. The van der Waals surface area contributed by atoms with Crippen LogP contribution < -0.4 is 5.73 Å². The maximum Gasteiger partial charge on any atom is 0.151 e. The molecule has 0 radical (unpaired) electrons. The minimum Gasteiger partial charge on any atom is -0.382 e. The number of aromatic nitrogens is 2. The average Bonchev–Trinajstić information content (AvgIpc) is 2.59. The molecule has 0 saturated heterocycles. The molecule has 0 fully saturated rings. The molecule has 1 aromatic heterocycles. The molecule has 1 aromatic carbocycles. The van der Waals surface area contributed by atoms with Gasteiger partial charge in [-0.2, -0.15) is 5.10 Å². The van der Waals surface area contributed by atoms with E-state index in [2.05, 4.69) is 5.10 Å². The monoisotopic (exact) mass is 223 g/mol. The molecule has 84 valence electrons. The average molecular weight is 223 g/mol. The topological polar surface area (TPSA) is 43.8 Å². The van der Waals surface area contributed by atoms with Crippen molar-refractivity contribution < 1.29 is 8.78 Å². The van der Waals surface area contributed by atoms with Crippen molar-refractivity contribution in [2.75, 3.05) is 5.73 Å². The summed E-state index contributed by atoms with van der Waals surface area (Å²) in [6.07, 6.45) is 0.668. The van der Waals surface area contributed by atoms with Crippen molar-refractivity contribution in [2.45, 2.75) is 13.3 Å².